The highest BCUT2D eigenvalue weighted by Gasteiger charge is 1.78. The van der Waals surface area contributed by atoms with Gasteiger partial charge in [-0.05, 0) is 6.92 Å². The average molecular weight is 103 g/mol. The highest BCUT2D eigenvalue weighted by atomic mass is 16.5. The Morgan fingerprint density at radius 3 is 2.57 bits per heavy atom. The lowest BCUT2D eigenvalue weighted by Crippen LogP contribution is -1.97. The van der Waals surface area contributed by atoms with Gasteiger partial charge in [-0.15, -0.1) is 0 Å². The van der Waals surface area contributed by atoms with Crippen molar-refractivity contribution in [2.45, 2.75) is 6.92 Å². The summed E-state index contributed by atoms with van der Waals surface area (Å²) in [7, 11) is 1.65. The molecule has 0 amide bonds. The molecule has 0 saturated carbocycles. The van der Waals surface area contributed by atoms with Crippen molar-refractivity contribution in [2.24, 2.45) is 0 Å². The van der Waals surface area contributed by atoms with Crippen molar-refractivity contribution in [3.05, 3.63) is 6.61 Å². The van der Waals surface area contributed by atoms with E-state index in [1.807, 2.05) is 6.92 Å². The van der Waals surface area contributed by atoms with Gasteiger partial charge in [0.25, 0.3) is 0 Å². The van der Waals surface area contributed by atoms with Gasteiger partial charge < -0.3 is 9.47 Å². The SMILES string of the molecule is C[CH]OCCOC. The summed E-state index contributed by atoms with van der Waals surface area (Å²) in [6, 6.07) is 0. The molecular weight excluding hydrogens is 92.1 g/mol. The first-order chi connectivity index (χ1) is 3.41. The molecule has 0 fully saturated rings. The van der Waals surface area contributed by atoms with E-state index in [0.29, 0.717) is 13.2 Å². The van der Waals surface area contributed by atoms with Crippen LogP contribution in [0.2, 0.25) is 0 Å². The normalized spacial score (nSPS) is 9.43. The van der Waals surface area contributed by atoms with Gasteiger partial charge in [-0.2, -0.15) is 0 Å². The Bertz CT molecular complexity index is 25.3. The van der Waals surface area contributed by atoms with E-state index in [1.165, 1.54) is 0 Å². The van der Waals surface area contributed by atoms with E-state index in [2.05, 4.69) is 0 Å². The van der Waals surface area contributed by atoms with Crippen LogP contribution in [0.4, 0.5) is 0 Å². The van der Waals surface area contributed by atoms with Gasteiger partial charge in [0.1, 0.15) is 0 Å². The van der Waals surface area contributed by atoms with Crippen LogP contribution in [0.25, 0.3) is 0 Å². The first-order valence-electron chi connectivity index (χ1n) is 2.30. The molecule has 0 unspecified atom stereocenters. The maximum absolute atomic E-state index is 4.82. The Morgan fingerprint density at radius 1 is 1.43 bits per heavy atom. The molecule has 0 aliphatic rings. The van der Waals surface area contributed by atoms with Crippen LogP contribution in [0.15, 0.2) is 0 Å². The molecule has 0 saturated heterocycles. The lowest BCUT2D eigenvalue weighted by Gasteiger charge is -1.95. The zero-order valence-electron chi connectivity index (χ0n) is 4.81. The molecule has 43 valence electrons. The second kappa shape index (κ2) is 5.92. The topological polar surface area (TPSA) is 18.5 Å². The summed E-state index contributed by atoms with van der Waals surface area (Å²) < 4.78 is 9.52. The summed E-state index contributed by atoms with van der Waals surface area (Å²) in [5.41, 5.74) is 0. The predicted octanol–water partition coefficient (Wildman–Crippen LogP) is 0.831. The molecule has 0 aromatic heterocycles. The molecule has 0 bridgehead atoms. The molecule has 0 aliphatic carbocycles. The smallest absolute Gasteiger partial charge is 0.0807 e. The molecular formula is C5H11O2. The molecule has 0 spiro atoms. The minimum Gasteiger partial charge on any atom is -0.382 e. The molecule has 0 aromatic rings. The van der Waals surface area contributed by atoms with Crippen LogP contribution >= 0.6 is 0 Å². The van der Waals surface area contributed by atoms with Crippen molar-refractivity contribution < 1.29 is 9.47 Å². The number of hydrogen-bond acceptors (Lipinski definition) is 2. The summed E-state index contributed by atoms with van der Waals surface area (Å²) in [6.07, 6.45) is 0. The number of ether oxygens (including phenoxy) is 2. The third kappa shape index (κ3) is 5.92. The highest BCUT2D eigenvalue weighted by Crippen LogP contribution is 1.76. The molecule has 0 rings (SSSR count). The zero-order valence-corrected chi connectivity index (χ0v) is 4.81. The second-order valence-electron chi connectivity index (χ2n) is 1.10. The van der Waals surface area contributed by atoms with Gasteiger partial charge in [0, 0.05) is 7.11 Å². The Labute approximate surface area is 44.4 Å². The second-order valence-corrected chi connectivity index (χ2v) is 1.10. The third-order valence-electron chi connectivity index (χ3n) is 0.572. The molecule has 0 atom stereocenters. The van der Waals surface area contributed by atoms with Crippen molar-refractivity contribution in [2.75, 3.05) is 20.3 Å². The van der Waals surface area contributed by atoms with E-state index in [0.717, 1.165) is 0 Å². The van der Waals surface area contributed by atoms with Gasteiger partial charge in [-0.25, -0.2) is 0 Å². The standard InChI is InChI=1S/C5H11O2/c1-3-7-5-4-6-2/h3H,4-5H2,1-2H3. The van der Waals surface area contributed by atoms with E-state index in [4.69, 9.17) is 9.47 Å². The molecule has 2 heteroatoms. The lowest BCUT2D eigenvalue weighted by atomic mass is 10.7. The molecule has 7 heavy (non-hydrogen) atoms. The molecule has 0 N–H and O–H groups in total. The molecule has 1 radical (unpaired) electrons. The molecule has 2 nitrogen and oxygen atoms in total. The van der Waals surface area contributed by atoms with E-state index in [-0.39, 0.29) is 0 Å². The minimum absolute atomic E-state index is 0.660. The summed E-state index contributed by atoms with van der Waals surface area (Å²) in [4.78, 5) is 0. The van der Waals surface area contributed by atoms with Crippen LogP contribution in [0, 0.1) is 6.61 Å². The van der Waals surface area contributed by atoms with E-state index >= 15 is 0 Å². The first kappa shape index (κ1) is 6.92. The number of rotatable bonds is 4. The van der Waals surface area contributed by atoms with Gasteiger partial charge in [0.2, 0.25) is 0 Å². The maximum Gasteiger partial charge on any atom is 0.0807 e. The Balaban J connectivity index is 2.45. The van der Waals surface area contributed by atoms with Crippen molar-refractivity contribution in [3.63, 3.8) is 0 Å². The fourth-order valence-electron chi connectivity index (χ4n) is 0.249. The van der Waals surface area contributed by atoms with Crippen molar-refractivity contribution >= 4 is 0 Å². The molecule has 0 aliphatic heterocycles. The van der Waals surface area contributed by atoms with Crippen LogP contribution < -0.4 is 0 Å². The van der Waals surface area contributed by atoms with Crippen molar-refractivity contribution in [1.29, 1.82) is 0 Å². The predicted molar refractivity (Wildman–Crippen MR) is 27.8 cm³/mol. The van der Waals surface area contributed by atoms with Crippen LogP contribution in [-0.2, 0) is 9.47 Å². The first-order valence-corrected chi connectivity index (χ1v) is 2.30. The molecule has 0 heterocycles. The van der Waals surface area contributed by atoms with Crippen LogP contribution in [0.5, 0.6) is 0 Å². The van der Waals surface area contributed by atoms with Crippen molar-refractivity contribution in [3.8, 4) is 0 Å². The highest BCUT2D eigenvalue weighted by molar-refractivity contribution is 4.33. The van der Waals surface area contributed by atoms with Crippen LogP contribution in [-0.4, -0.2) is 20.3 Å². The average Bonchev–Trinajstić information content (AvgIpc) is 1.69. The Hall–Kier alpha value is -0.0800. The quantitative estimate of drug-likeness (QED) is 0.491. The van der Waals surface area contributed by atoms with E-state index in [9.17, 15) is 0 Å². The van der Waals surface area contributed by atoms with Crippen LogP contribution in [0.1, 0.15) is 6.92 Å². The summed E-state index contributed by atoms with van der Waals surface area (Å²) >= 11 is 0. The van der Waals surface area contributed by atoms with Gasteiger partial charge in [-0.1, -0.05) is 0 Å². The fraction of sp³-hybridized carbons (Fsp3) is 0.800. The van der Waals surface area contributed by atoms with E-state index in [1.54, 1.807) is 13.7 Å². The summed E-state index contributed by atoms with van der Waals surface area (Å²) in [6.45, 7) is 4.83. The lowest BCUT2D eigenvalue weighted by molar-refractivity contribution is 0.106. The van der Waals surface area contributed by atoms with Gasteiger partial charge in [-0.3, -0.25) is 0 Å². The largest absolute Gasteiger partial charge is 0.382 e. The Kier molecular flexibility index (Phi) is 5.85. The minimum atomic E-state index is 0.660. The maximum atomic E-state index is 4.82. The monoisotopic (exact) mass is 103 g/mol. The molecule has 0 aromatic carbocycles. The summed E-state index contributed by atoms with van der Waals surface area (Å²) in [5.74, 6) is 0. The van der Waals surface area contributed by atoms with Gasteiger partial charge in [0.05, 0.1) is 19.8 Å². The van der Waals surface area contributed by atoms with E-state index < -0.39 is 0 Å². The third-order valence-corrected chi connectivity index (χ3v) is 0.572. The van der Waals surface area contributed by atoms with Crippen LogP contribution in [0.3, 0.4) is 0 Å². The summed E-state index contributed by atoms with van der Waals surface area (Å²) in [5, 5.41) is 0. The fourth-order valence-corrected chi connectivity index (χ4v) is 0.249. The Morgan fingerprint density at radius 2 is 2.14 bits per heavy atom. The van der Waals surface area contributed by atoms with Gasteiger partial charge in [0.15, 0.2) is 0 Å². The van der Waals surface area contributed by atoms with Crippen molar-refractivity contribution in [1.82, 2.24) is 0 Å². The number of hydrogen-bond donors (Lipinski definition) is 0. The van der Waals surface area contributed by atoms with Gasteiger partial charge >= 0.3 is 0 Å². The zero-order chi connectivity index (χ0) is 5.54. The number of methoxy groups -OCH3 is 1.